The van der Waals surface area contributed by atoms with Gasteiger partial charge in [0, 0.05) is 0 Å². The second kappa shape index (κ2) is 20.3. The van der Waals surface area contributed by atoms with Gasteiger partial charge in [-0.1, -0.05) is 0 Å². The summed E-state index contributed by atoms with van der Waals surface area (Å²) in [7, 11) is -3.48. The van der Waals surface area contributed by atoms with Crippen LogP contribution in [0.25, 0.3) is 0 Å². The summed E-state index contributed by atoms with van der Waals surface area (Å²) in [5, 5.41) is 0. The van der Waals surface area contributed by atoms with Crippen LogP contribution in [-0.4, -0.2) is 48.7 Å². The second-order valence-electron chi connectivity index (χ2n) is 7.25. The molecule has 7 nitrogen and oxygen atoms in total. The molecule has 9 heteroatoms. The quantitative estimate of drug-likeness (QED) is 0.129. The normalized spacial score (nSPS) is 12.6. The molecule has 0 N–H and O–H groups in total. The van der Waals surface area contributed by atoms with Crippen LogP contribution in [0.1, 0.15) is 99.3 Å². The predicted molar refractivity (Wildman–Crippen MR) is 118 cm³/mol. The Kier molecular flexibility index (Phi) is 20.7. The van der Waals surface area contributed by atoms with Gasteiger partial charge in [-0.25, -0.2) is 0 Å². The van der Waals surface area contributed by atoms with Gasteiger partial charge < -0.3 is 0 Å². The maximum atomic E-state index is 6.56. The molecule has 0 atom stereocenters. The first-order chi connectivity index (χ1) is 14.6. The Bertz CT molecular complexity index is 329. The van der Waals surface area contributed by atoms with E-state index in [0.717, 1.165) is 57.8 Å². The zero-order valence-corrected chi connectivity index (χ0v) is 23.0. The zero-order valence-electron chi connectivity index (χ0n) is 20.5. The molecule has 0 aromatic carbocycles. The number of hydrogen-bond donors (Lipinski definition) is 0. The van der Waals surface area contributed by atoms with E-state index >= 15 is 0 Å². The Morgan fingerprint density at radius 1 is 0.467 bits per heavy atom. The van der Waals surface area contributed by atoms with E-state index in [9.17, 15) is 0 Å². The molecule has 182 valence electrons. The molecule has 0 spiro atoms. The molecule has 30 heavy (non-hydrogen) atoms. The molecule has 0 bridgehead atoms. The van der Waals surface area contributed by atoms with Crippen LogP contribution in [-0.2, 0) is 44.4 Å². The SMILES string of the molecule is CCCCO[Si](OCCCC)(OCCCC)[O][Ti]([O]CCC)([O]CCC)[O]CCC. The van der Waals surface area contributed by atoms with Crippen molar-refractivity contribution in [2.24, 2.45) is 0 Å². The zero-order chi connectivity index (χ0) is 22.6. The average molecular weight is 489 g/mol. The van der Waals surface area contributed by atoms with Crippen molar-refractivity contribution in [3.63, 3.8) is 0 Å². The van der Waals surface area contributed by atoms with Crippen LogP contribution < -0.4 is 0 Å². The van der Waals surface area contributed by atoms with Gasteiger partial charge in [-0.2, -0.15) is 0 Å². The Morgan fingerprint density at radius 3 is 1.07 bits per heavy atom. The summed E-state index contributed by atoms with van der Waals surface area (Å²) in [4.78, 5) is 0. The van der Waals surface area contributed by atoms with Crippen molar-refractivity contribution in [3.8, 4) is 0 Å². The Labute approximate surface area is 192 Å². The van der Waals surface area contributed by atoms with Crippen molar-refractivity contribution in [2.45, 2.75) is 99.3 Å². The van der Waals surface area contributed by atoms with Crippen LogP contribution in [0.4, 0.5) is 0 Å². The van der Waals surface area contributed by atoms with E-state index in [-0.39, 0.29) is 0 Å². The molecule has 0 heterocycles. The van der Waals surface area contributed by atoms with Gasteiger partial charge in [0.15, 0.2) is 0 Å². The van der Waals surface area contributed by atoms with Gasteiger partial charge in [0.1, 0.15) is 0 Å². The molecule has 0 saturated carbocycles. The molecule has 0 saturated heterocycles. The maximum absolute atomic E-state index is 6.56. The van der Waals surface area contributed by atoms with Gasteiger partial charge in [-0.3, -0.25) is 0 Å². The van der Waals surface area contributed by atoms with Crippen LogP contribution in [0.2, 0.25) is 0 Å². The van der Waals surface area contributed by atoms with E-state index in [1.165, 1.54) is 0 Å². The third kappa shape index (κ3) is 13.9. The predicted octanol–water partition coefficient (Wildman–Crippen LogP) is 5.98. The summed E-state index contributed by atoms with van der Waals surface area (Å²) in [6.07, 6.45) is 8.33. The number of hydrogen-bond acceptors (Lipinski definition) is 7. The fraction of sp³-hybridized carbons (Fsp3) is 1.00. The minimum atomic E-state index is -4.12. The van der Waals surface area contributed by atoms with Gasteiger partial charge >= 0.3 is 192 Å². The fourth-order valence-corrected chi connectivity index (χ4v) is 9.99. The van der Waals surface area contributed by atoms with Crippen molar-refractivity contribution < 1.29 is 44.4 Å². The van der Waals surface area contributed by atoms with E-state index in [4.69, 9.17) is 26.2 Å². The standard InChI is InChI=1S/C12H27O4Si.3C3H7O.Ti/c1-4-7-10-14-17(13,15-11-8-5-2)16-12-9-6-3;3*1-2-3-4;/h4-12H2,1-3H3;3*2-3H2,1H3;/q4*-1;+4. The summed E-state index contributed by atoms with van der Waals surface area (Å²) in [6.45, 7) is 15.7. The molecule has 0 fully saturated rings. The summed E-state index contributed by atoms with van der Waals surface area (Å²) >= 11 is -4.12. The summed E-state index contributed by atoms with van der Waals surface area (Å²) in [5.41, 5.74) is 0. The summed E-state index contributed by atoms with van der Waals surface area (Å²) in [6, 6.07) is 0. The van der Waals surface area contributed by atoms with Gasteiger partial charge in [-0.05, 0) is 0 Å². The fourth-order valence-electron chi connectivity index (χ4n) is 2.29. The van der Waals surface area contributed by atoms with Gasteiger partial charge in [-0.15, -0.1) is 0 Å². The molecule has 0 aliphatic heterocycles. The summed E-state index contributed by atoms with van der Waals surface area (Å²) < 4.78 is 43.8. The molecule has 0 amide bonds. The topological polar surface area (TPSA) is 64.6 Å². The van der Waals surface area contributed by atoms with Gasteiger partial charge in [0.25, 0.3) is 0 Å². The molecule has 0 radical (unpaired) electrons. The van der Waals surface area contributed by atoms with Crippen LogP contribution in [0.5, 0.6) is 0 Å². The Balaban J connectivity index is 5.77. The van der Waals surface area contributed by atoms with E-state index in [1.807, 2.05) is 0 Å². The minimum absolute atomic E-state index is 0.511. The van der Waals surface area contributed by atoms with Crippen LogP contribution in [0, 0.1) is 0 Å². The molecule has 0 aromatic rings. The monoisotopic (exact) mass is 488 g/mol. The van der Waals surface area contributed by atoms with Crippen molar-refractivity contribution in [1.82, 2.24) is 0 Å². The van der Waals surface area contributed by atoms with E-state index in [2.05, 4.69) is 41.5 Å². The van der Waals surface area contributed by atoms with Crippen LogP contribution >= 0.6 is 0 Å². The van der Waals surface area contributed by atoms with Gasteiger partial charge in [0.05, 0.1) is 0 Å². The van der Waals surface area contributed by atoms with Crippen LogP contribution in [0.15, 0.2) is 0 Å². The van der Waals surface area contributed by atoms with E-state index in [0.29, 0.717) is 39.6 Å². The molecular weight excluding hydrogens is 440 g/mol. The Hall–Kier alpha value is 0.651. The van der Waals surface area contributed by atoms with Crippen molar-refractivity contribution >= 4 is 9.05 Å². The molecule has 0 aliphatic rings. The number of unbranched alkanes of at least 4 members (excludes halogenated alkanes) is 3. The van der Waals surface area contributed by atoms with Crippen LogP contribution in [0.3, 0.4) is 0 Å². The van der Waals surface area contributed by atoms with E-state index < -0.39 is 27.2 Å². The third-order valence-electron chi connectivity index (χ3n) is 4.03. The van der Waals surface area contributed by atoms with E-state index in [1.54, 1.807) is 0 Å². The molecule has 0 rings (SSSR count). The molecule has 0 unspecified atom stereocenters. The first-order valence-electron chi connectivity index (χ1n) is 12.1. The molecule has 0 aliphatic carbocycles. The first-order valence-corrected chi connectivity index (χ1v) is 16.3. The molecule has 0 aromatic heterocycles. The summed E-state index contributed by atoms with van der Waals surface area (Å²) in [5.74, 6) is 0. The van der Waals surface area contributed by atoms with Crippen molar-refractivity contribution in [3.05, 3.63) is 0 Å². The van der Waals surface area contributed by atoms with Crippen molar-refractivity contribution in [2.75, 3.05) is 39.6 Å². The first kappa shape index (κ1) is 30.7. The second-order valence-corrected chi connectivity index (χ2v) is 13.2. The molecular formula is C21H48O7SiTi. The van der Waals surface area contributed by atoms with Crippen molar-refractivity contribution in [1.29, 1.82) is 0 Å². The third-order valence-corrected chi connectivity index (χ3v) is 11.2. The number of rotatable bonds is 23. The van der Waals surface area contributed by atoms with Gasteiger partial charge in [0.2, 0.25) is 0 Å². The Morgan fingerprint density at radius 2 is 0.800 bits per heavy atom. The average Bonchev–Trinajstić information content (AvgIpc) is 2.75.